The summed E-state index contributed by atoms with van der Waals surface area (Å²) in [5, 5.41) is 16.4. The van der Waals surface area contributed by atoms with Crippen LogP contribution in [-0.4, -0.2) is 44.1 Å². The molecule has 1 aliphatic carbocycles. The Morgan fingerprint density at radius 2 is 2.28 bits per heavy atom. The number of nitrogens with zero attached hydrogens (tertiary/aromatic N) is 6. The molecule has 1 N–H and O–H groups in total. The fourth-order valence-corrected chi connectivity index (χ4v) is 4.61. The minimum Gasteiger partial charge on any atom is -0.351 e. The predicted molar refractivity (Wildman–Crippen MR) is 104 cm³/mol. The van der Waals surface area contributed by atoms with E-state index in [0.29, 0.717) is 42.5 Å². The van der Waals surface area contributed by atoms with E-state index in [0.717, 1.165) is 38.0 Å². The summed E-state index contributed by atoms with van der Waals surface area (Å²) in [7, 11) is 0. The maximum atomic E-state index is 12.7. The second-order valence-corrected chi connectivity index (χ2v) is 7.78. The van der Waals surface area contributed by atoms with Crippen molar-refractivity contribution in [3.63, 3.8) is 0 Å². The van der Waals surface area contributed by atoms with Crippen LogP contribution >= 0.6 is 0 Å². The number of anilines is 1. The zero-order valence-corrected chi connectivity index (χ0v) is 16.8. The summed E-state index contributed by atoms with van der Waals surface area (Å²) < 4.78 is 5.10. The first-order valence-corrected chi connectivity index (χ1v) is 10.2. The molecule has 2 aromatic heterocycles. The van der Waals surface area contributed by atoms with E-state index in [1.165, 1.54) is 0 Å². The smallest absolute Gasteiger partial charge is 0.227 e. The molecule has 9 nitrogen and oxygen atoms in total. The molecule has 1 saturated heterocycles. The van der Waals surface area contributed by atoms with E-state index >= 15 is 0 Å². The van der Waals surface area contributed by atoms with Crippen LogP contribution in [0.15, 0.2) is 10.6 Å². The monoisotopic (exact) mass is 395 g/mol. The molecule has 3 heterocycles. The van der Waals surface area contributed by atoms with Gasteiger partial charge in [-0.2, -0.15) is 10.2 Å². The highest BCUT2D eigenvalue weighted by molar-refractivity contribution is 5.77. The lowest BCUT2D eigenvalue weighted by Crippen LogP contribution is -2.53. The first kappa shape index (κ1) is 19.3. The van der Waals surface area contributed by atoms with Crippen LogP contribution in [-0.2, 0) is 17.6 Å². The Labute approximate surface area is 169 Å². The molecule has 0 bridgehead atoms. The van der Waals surface area contributed by atoms with E-state index in [4.69, 9.17) is 4.52 Å². The zero-order valence-electron chi connectivity index (χ0n) is 16.8. The molecule has 1 saturated carbocycles. The lowest BCUT2D eigenvalue weighted by molar-refractivity contribution is -0.123. The summed E-state index contributed by atoms with van der Waals surface area (Å²) in [6.45, 7) is 4.55. The normalized spacial score (nSPS) is 23.1. The van der Waals surface area contributed by atoms with Gasteiger partial charge in [0.1, 0.15) is 23.4 Å². The Balaban J connectivity index is 1.47. The minimum absolute atomic E-state index is 0.00394. The summed E-state index contributed by atoms with van der Waals surface area (Å²) in [4.78, 5) is 28.0. The molecular formula is C20H25N7O2. The van der Waals surface area contributed by atoms with Crippen molar-refractivity contribution >= 4 is 11.7 Å². The minimum atomic E-state index is -0.244. The standard InChI is InChI=1S/C20H25N7O2/c1-3-16-23-14(12-21)11-17(24-16)27-10-9-20(8-4-5-15(20)27)25-18(28)6-7-19-22-13(2)26-29-19/h11,15H,3-10H2,1-2H3,(H,25,28). The van der Waals surface area contributed by atoms with Crippen LogP contribution in [0.25, 0.3) is 0 Å². The lowest BCUT2D eigenvalue weighted by Gasteiger charge is -2.34. The quantitative estimate of drug-likeness (QED) is 0.787. The van der Waals surface area contributed by atoms with Crippen molar-refractivity contribution in [2.45, 2.75) is 70.4 Å². The van der Waals surface area contributed by atoms with Gasteiger partial charge in [0, 0.05) is 31.9 Å². The van der Waals surface area contributed by atoms with Gasteiger partial charge in [0.05, 0.1) is 11.6 Å². The van der Waals surface area contributed by atoms with Crippen molar-refractivity contribution in [3.8, 4) is 6.07 Å². The number of aryl methyl sites for hydroxylation is 3. The summed E-state index contributed by atoms with van der Waals surface area (Å²) in [6, 6.07) is 4.07. The van der Waals surface area contributed by atoms with Gasteiger partial charge in [0.2, 0.25) is 11.8 Å². The van der Waals surface area contributed by atoms with Crippen LogP contribution in [0.3, 0.4) is 0 Å². The maximum Gasteiger partial charge on any atom is 0.227 e. The second kappa shape index (κ2) is 7.78. The Morgan fingerprint density at radius 1 is 1.41 bits per heavy atom. The molecule has 2 aromatic rings. The number of nitriles is 1. The average Bonchev–Trinajstić information content (AvgIpc) is 3.40. The van der Waals surface area contributed by atoms with Gasteiger partial charge in [0.15, 0.2) is 5.82 Å². The van der Waals surface area contributed by atoms with Gasteiger partial charge in [-0.25, -0.2) is 9.97 Å². The highest BCUT2D eigenvalue weighted by Crippen LogP contribution is 2.43. The second-order valence-electron chi connectivity index (χ2n) is 7.78. The van der Waals surface area contributed by atoms with Gasteiger partial charge in [-0.3, -0.25) is 4.79 Å². The molecule has 2 aliphatic rings. The third kappa shape index (κ3) is 3.79. The number of fused-ring (bicyclic) bond motifs is 1. The molecule has 2 unspecified atom stereocenters. The predicted octanol–water partition coefficient (Wildman–Crippen LogP) is 1.85. The van der Waals surface area contributed by atoms with E-state index in [1.807, 2.05) is 6.92 Å². The maximum absolute atomic E-state index is 12.7. The van der Waals surface area contributed by atoms with Crippen molar-refractivity contribution in [2.75, 3.05) is 11.4 Å². The molecule has 0 aromatic carbocycles. The van der Waals surface area contributed by atoms with Crippen LogP contribution < -0.4 is 10.2 Å². The van der Waals surface area contributed by atoms with Crippen molar-refractivity contribution in [3.05, 3.63) is 29.3 Å². The van der Waals surface area contributed by atoms with Crippen LogP contribution in [0.5, 0.6) is 0 Å². The van der Waals surface area contributed by atoms with Gasteiger partial charge in [-0.1, -0.05) is 12.1 Å². The van der Waals surface area contributed by atoms with Crippen LogP contribution in [0, 0.1) is 18.3 Å². The van der Waals surface area contributed by atoms with Gasteiger partial charge >= 0.3 is 0 Å². The summed E-state index contributed by atoms with van der Waals surface area (Å²) >= 11 is 0. The van der Waals surface area contributed by atoms with Crippen LogP contribution in [0.1, 0.15) is 62.3 Å². The molecule has 2 fully saturated rings. The Bertz CT molecular complexity index is 951. The lowest BCUT2D eigenvalue weighted by atomic mass is 9.92. The van der Waals surface area contributed by atoms with Gasteiger partial charge in [-0.05, 0) is 32.6 Å². The Hall–Kier alpha value is -3.02. The summed E-state index contributed by atoms with van der Waals surface area (Å²) in [6.07, 6.45) is 5.32. The number of hydrogen-bond donors (Lipinski definition) is 1. The van der Waals surface area contributed by atoms with Gasteiger partial charge in [0.25, 0.3) is 0 Å². The molecule has 1 amide bonds. The molecule has 29 heavy (non-hydrogen) atoms. The first-order valence-electron chi connectivity index (χ1n) is 10.2. The number of amides is 1. The molecule has 0 spiro atoms. The third-order valence-electron chi connectivity index (χ3n) is 5.92. The average molecular weight is 395 g/mol. The Kier molecular flexibility index (Phi) is 5.18. The number of rotatable bonds is 6. The molecule has 2 atom stereocenters. The van der Waals surface area contributed by atoms with E-state index in [9.17, 15) is 10.1 Å². The first-order chi connectivity index (χ1) is 14.0. The fraction of sp³-hybridized carbons (Fsp3) is 0.600. The summed E-state index contributed by atoms with van der Waals surface area (Å²) in [5.41, 5.74) is 0.146. The van der Waals surface area contributed by atoms with E-state index in [-0.39, 0.29) is 17.5 Å². The highest BCUT2D eigenvalue weighted by atomic mass is 16.5. The molecular weight excluding hydrogens is 370 g/mol. The third-order valence-corrected chi connectivity index (χ3v) is 5.92. The number of nitrogens with one attached hydrogen (secondary N) is 1. The van der Waals surface area contributed by atoms with Crippen molar-refractivity contribution in [1.82, 2.24) is 25.4 Å². The summed E-state index contributed by atoms with van der Waals surface area (Å²) in [5.74, 6) is 2.54. The molecule has 0 radical (unpaired) electrons. The van der Waals surface area contributed by atoms with Crippen molar-refractivity contribution in [1.29, 1.82) is 5.26 Å². The zero-order chi connectivity index (χ0) is 20.4. The van der Waals surface area contributed by atoms with E-state index in [2.05, 4.69) is 36.4 Å². The fourth-order valence-electron chi connectivity index (χ4n) is 4.61. The van der Waals surface area contributed by atoms with Crippen LogP contribution in [0.2, 0.25) is 0 Å². The van der Waals surface area contributed by atoms with Crippen molar-refractivity contribution in [2.24, 2.45) is 0 Å². The molecule has 1 aliphatic heterocycles. The van der Waals surface area contributed by atoms with E-state index in [1.54, 1.807) is 13.0 Å². The molecule has 9 heteroatoms. The largest absolute Gasteiger partial charge is 0.351 e. The van der Waals surface area contributed by atoms with Crippen molar-refractivity contribution < 1.29 is 9.32 Å². The van der Waals surface area contributed by atoms with Gasteiger partial charge < -0.3 is 14.7 Å². The highest BCUT2D eigenvalue weighted by Gasteiger charge is 2.51. The number of carbonyl (C=O) groups is 1. The molecule has 152 valence electrons. The SMILES string of the molecule is CCc1nc(C#N)cc(N2CCC3(NC(=O)CCc4nc(C)no4)CCCC23)n1. The topological polar surface area (TPSA) is 121 Å². The van der Waals surface area contributed by atoms with Crippen LogP contribution in [0.4, 0.5) is 5.82 Å². The van der Waals surface area contributed by atoms with E-state index < -0.39 is 0 Å². The molecule has 4 rings (SSSR count). The Morgan fingerprint density at radius 3 is 3.00 bits per heavy atom. The number of carbonyl (C=O) groups excluding carboxylic acids is 1. The number of aromatic nitrogens is 4. The number of hydrogen-bond acceptors (Lipinski definition) is 8. The van der Waals surface area contributed by atoms with Gasteiger partial charge in [-0.15, -0.1) is 0 Å².